The summed E-state index contributed by atoms with van der Waals surface area (Å²) in [7, 11) is 0. The van der Waals surface area contributed by atoms with Crippen molar-refractivity contribution in [2.24, 2.45) is 5.73 Å². The molecular weight excluding hydrogens is 326 g/mol. The number of rotatable bonds is 5. The van der Waals surface area contributed by atoms with Crippen LogP contribution in [-0.2, 0) is 0 Å². The third-order valence-corrected chi connectivity index (χ3v) is 4.22. The number of nitrogens with two attached hydrogens (primary N) is 1. The van der Waals surface area contributed by atoms with Gasteiger partial charge in [-0.25, -0.2) is 0 Å². The Hall–Kier alpha value is -1.32. The van der Waals surface area contributed by atoms with Gasteiger partial charge < -0.3 is 10.5 Å². The predicted octanol–water partition coefficient (Wildman–Crippen LogP) is 5.04. The van der Waals surface area contributed by atoms with Gasteiger partial charge in [-0.1, -0.05) is 60.1 Å². The molecule has 2 rings (SSSR count). The lowest BCUT2D eigenvalue weighted by molar-refractivity contribution is 0.179. The lowest BCUT2D eigenvalue weighted by Crippen LogP contribution is -2.29. The van der Waals surface area contributed by atoms with Crippen LogP contribution in [0, 0.1) is 0 Å². The van der Waals surface area contributed by atoms with E-state index in [1.807, 2.05) is 43.3 Å². The molecule has 2 aromatic carbocycles. The smallest absolute Gasteiger partial charge is 0.140 e. The van der Waals surface area contributed by atoms with Crippen molar-refractivity contribution in [2.75, 3.05) is 0 Å². The Labute approximate surface area is 135 Å². The summed E-state index contributed by atoms with van der Waals surface area (Å²) in [6.45, 7) is 6.33. The molecule has 0 spiro atoms. The first kappa shape index (κ1) is 16.1. The van der Waals surface area contributed by atoms with Crippen LogP contribution in [0.1, 0.15) is 43.9 Å². The molecule has 0 saturated carbocycles. The molecule has 0 aliphatic heterocycles. The average molecular weight is 348 g/mol. The van der Waals surface area contributed by atoms with E-state index in [1.54, 1.807) is 0 Å². The first-order valence-corrected chi connectivity index (χ1v) is 8.05. The van der Waals surface area contributed by atoms with Gasteiger partial charge >= 0.3 is 0 Å². The predicted molar refractivity (Wildman–Crippen MR) is 91.7 cm³/mol. The highest BCUT2D eigenvalue weighted by Crippen LogP contribution is 2.30. The van der Waals surface area contributed by atoms with Crippen molar-refractivity contribution in [1.82, 2.24) is 0 Å². The van der Waals surface area contributed by atoms with E-state index in [-0.39, 0.29) is 12.1 Å². The Morgan fingerprint density at radius 3 is 2.10 bits per heavy atom. The lowest BCUT2D eigenvalue weighted by atomic mass is 10.0. The van der Waals surface area contributed by atoms with Gasteiger partial charge in [0, 0.05) is 16.1 Å². The minimum Gasteiger partial charge on any atom is -0.484 e. The fourth-order valence-electron chi connectivity index (χ4n) is 2.24. The molecule has 0 aliphatic carbocycles. The minimum absolute atomic E-state index is 0.103. The van der Waals surface area contributed by atoms with Gasteiger partial charge in [0.25, 0.3) is 0 Å². The SMILES string of the molecule is CC(C)c1ccc(OC(c2ccccc2Br)C(C)N)cc1. The number of ether oxygens (including phenoxy) is 1. The van der Waals surface area contributed by atoms with E-state index >= 15 is 0 Å². The minimum atomic E-state index is -0.175. The van der Waals surface area contributed by atoms with Crippen molar-refractivity contribution in [1.29, 1.82) is 0 Å². The Kier molecular flexibility index (Phi) is 5.43. The molecule has 3 heteroatoms. The lowest BCUT2D eigenvalue weighted by Gasteiger charge is -2.24. The number of hydrogen-bond acceptors (Lipinski definition) is 2. The van der Waals surface area contributed by atoms with Gasteiger partial charge in [-0.3, -0.25) is 0 Å². The van der Waals surface area contributed by atoms with Crippen LogP contribution in [0.4, 0.5) is 0 Å². The van der Waals surface area contributed by atoms with Crippen LogP contribution in [0.5, 0.6) is 5.75 Å². The zero-order valence-corrected chi connectivity index (χ0v) is 14.3. The Balaban J connectivity index is 2.23. The molecule has 0 saturated heterocycles. The molecule has 2 aromatic rings. The second kappa shape index (κ2) is 7.10. The summed E-state index contributed by atoms with van der Waals surface area (Å²) in [6.07, 6.45) is -0.175. The summed E-state index contributed by atoms with van der Waals surface area (Å²) in [6, 6.07) is 16.2. The standard InChI is InChI=1S/C18H22BrNO/c1-12(2)14-8-10-15(11-9-14)21-18(13(3)20)16-6-4-5-7-17(16)19/h4-13,18H,20H2,1-3H3. The van der Waals surface area contributed by atoms with Gasteiger partial charge in [-0.05, 0) is 36.6 Å². The summed E-state index contributed by atoms with van der Waals surface area (Å²) >= 11 is 3.57. The van der Waals surface area contributed by atoms with Gasteiger partial charge in [0.1, 0.15) is 11.9 Å². The highest BCUT2D eigenvalue weighted by Gasteiger charge is 2.20. The molecule has 0 bridgehead atoms. The summed E-state index contributed by atoms with van der Waals surface area (Å²) in [5.74, 6) is 1.36. The van der Waals surface area contributed by atoms with Gasteiger partial charge in [-0.15, -0.1) is 0 Å². The van der Waals surface area contributed by atoms with Crippen LogP contribution in [0.2, 0.25) is 0 Å². The summed E-state index contributed by atoms with van der Waals surface area (Å²) in [5.41, 5.74) is 8.49. The van der Waals surface area contributed by atoms with Crippen molar-refractivity contribution in [2.45, 2.75) is 38.8 Å². The molecule has 0 radical (unpaired) electrons. The largest absolute Gasteiger partial charge is 0.484 e. The molecule has 2 N–H and O–H groups in total. The molecule has 2 nitrogen and oxygen atoms in total. The van der Waals surface area contributed by atoms with Crippen LogP contribution >= 0.6 is 15.9 Å². The second-order valence-electron chi connectivity index (χ2n) is 5.64. The highest BCUT2D eigenvalue weighted by atomic mass is 79.9. The molecule has 2 atom stereocenters. The molecule has 0 aliphatic rings. The van der Waals surface area contributed by atoms with Crippen LogP contribution in [0.3, 0.4) is 0 Å². The third kappa shape index (κ3) is 4.08. The molecule has 2 unspecified atom stereocenters. The average Bonchev–Trinajstić information content (AvgIpc) is 2.46. The maximum absolute atomic E-state index is 6.12. The Morgan fingerprint density at radius 2 is 1.57 bits per heavy atom. The van der Waals surface area contributed by atoms with Crippen molar-refractivity contribution in [3.63, 3.8) is 0 Å². The van der Waals surface area contributed by atoms with E-state index in [4.69, 9.17) is 10.5 Å². The van der Waals surface area contributed by atoms with Crippen molar-refractivity contribution in [3.8, 4) is 5.75 Å². The van der Waals surface area contributed by atoms with Crippen molar-refractivity contribution < 1.29 is 4.74 Å². The van der Waals surface area contributed by atoms with E-state index < -0.39 is 0 Å². The molecule has 112 valence electrons. The Morgan fingerprint density at radius 1 is 0.952 bits per heavy atom. The zero-order valence-electron chi connectivity index (χ0n) is 12.7. The number of hydrogen-bond donors (Lipinski definition) is 1. The van der Waals surface area contributed by atoms with E-state index in [0.717, 1.165) is 15.8 Å². The topological polar surface area (TPSA) is 35.2 Å². The molecule has 21 heavy (non-hydrogen) atoms. The summed E-state index contributed by atoms with van der Waals surface area (Å²) in [5, 5.41) is 0. The summed E-state index contributed by atoms with van der Waals surface area (Å²) < 4.78 is 7.14. The maximum Gasteiger partial charge on any atom is 0.140 e. The van der Waals surface area contributed by atoms with Crippen LogP contribution in [0.15, 0.2) is 53.0 Å². The number of benzene rings is 2. The quantitative estimate of drug-likeness (QED) is 0.822. The van der Waals surface area contributed by atoms with Crippen LogP contribution in [-0.4, -0.2) is 6.04 Å². The number of halogens is 1. The van der Waals surface area contributed by atoms with E-state index in [1.165, 1.54) is 5.56 Å². The van der Waals surface area contributed by atoms with Gasteiger partial charge in [0.2, 0.25) is 0 Å². The van der Waals surface area contributed by atoms with Crippen molar-refractivity contribution >= 4 is 15.9 Å². The molecule has 0 amide bonds. The maximum atomic E-state index is 6.12. The summed E-state index contributed by atoms with van der Waals surface area (Å²) in [4.78, 5) is 0. The van der Waals surface area contributed by atoms with Crippen LogP contribution in [0.25, 0.3) is 0 Å². The fourth-order valence-corrected chi connectivity index (χ4v) is 2.75. The van der Waals surface area contributed by atoms with E-state index in [0.29, 0.717) is 5.92 Å². The van der Waals surface area contributed by atoms with E-state index in [2.05, 4.69) is 41.9 Å². The third-order valence-electron chi connectivity index (χ3n) is 3.50. The second-order valence-corrected chi connectivity index (χ2v) is 6.50. The zero-order chi connectivity index (χ0) is 15.4. The molecular formula is C18H22BrNO. The van der Waals surface area contributed by atoms with Gasteiger partial charge in [-0.2, -0.15) is 0 Å². The van der Waals surface area contributed by atoms with Crippen LogP contribution < -0.4 is 10.5 Å². The molecule has 0 heterocycles. The highest BCUT2D eigenvalue weighted by molar-refractivity contribution is 9.10. The molecule has 0 aromatic heterocycles. The van der Waals surface area contributed by atoms with Gasteiger partial charge in [0.05, 0.1) is 0 Å². The van der Waals surface area contributed by atoms with E-state index in [9.17, 15) is 0 Å². The normalized spacial score (nSPS) is 14.0. The van der Waals surface area contributed by atoms with Crippen molar-refractivity contribution in [3.05, 3.63) is 64.1 Å². The molecule has 0 fully saturated rings. The Bertz CT molecular complexity index is 578. The van der Waals surface area contributed by atoms with Gasteiger partial charge in [0.15, 0.2) is 0 Å². The fraction of sp³-hybridized carbons (Fsp3) is 0.333. The first-order chi connectivity index (χ1) is 9.99. The first-order valence-electron chi connectivity index (χ1n) is 7.25. The monoisotopic (exact) mass is 347 g/mol.